The van der Waals surface area contributed by atoms with E-state index >= 15 is 0 Å². The predicted molar refractivity (Wildman–Crippen MR) is 94.2 cm³/mol. The molecule has 0 saturated heterocycles. The van der Waals surface area contributed by atoms with Gasteiger partial charge in [-0.15, -0.1) is 0 Å². The highest BCUT2D eigenvalue weighted by molar-refractivity contribution is 5.39. The Bertz CT molecular complexity index is 727. The lowest BCUT2D eigenvalue weighted by molar-refractivity contribution is -0.0371. The lowest BCUT2D eigenvalue weighted by Gasteiger charge is -2.48. The van der Waals surface area contributed by atoms with Gasteiger partial charge in [-0.2, -0.15) is 0 Å². The van der Waals surface area contributed by atoms with E-state index in [0.29, 0.717) is 6.04 Å². The van der Waals surface area contributed by atoms with Crippen molar-refractivity contribution in [1.29, 1.82) is 0 Å². The number of benzene rings is 1. The topological polar surface area (TPSA) is 50.3 Å². The maximum Gasteiger partial charge on any atom is 0.225 e. The van der Waals surface area contributed by atoms with Gasteiger partial charge in [0.1, 0.15) is 11.4 Å². The van der Waals surface area contributed by atoms with E-state index < -0.39 is 0 Å². The number of hydrogen-bond acceptors (Lipinski definition) is 5. The summed E-state index contributed by atoms with van der Waals surface area (Å²) >= 11 is 0. The minimum Gasteiger partial charge on any atom is -0.487 e. The monoisotopic (exact) mass is 324 g/mol. The lowest BCUT2D eigenvalue weighted by Crippen LogP contribution is -2.49. The van der Waals surface area contributed by atoms with Crippen LogP contribution in [0.1, 0.15) is 43.0 Å². The van der Waals surface area contributed by atoms with Gasteiger partial charge < -0.3 is 15.0 Å². The van der Waals surface area contributed by atoms with E-state index in [4.69, 9.17) is 4.74 Å². The smallest absolute Gasteiger partial charge is 0.225 e. The highest BCUT2D eigenvalue weighted by atomic mass is 16.5. The summed E-state index contributed by atoms with van der Waals surface area (Å²) in [4.78, 5) is 10.8. The molecule has 1 atom stereocenters. The number of fused-ring (bicyclic) bond motifs is 1. The third-order valence-corrected chi connectivity index (χ3v) is 5.09. The van der Waals surface area contributed by atoms with Gasteiger partial charge >= 0.3 is 0 Å². The molecule has 1 saturated carbocycles. The number of anilines is 1. The Morgan fingerprint density at radius 2 is 2.08 bits per heavy atom. The first-order valence-corrected chi connectivity index (χ1v) is 8.66. The molecule has 1 N–H and O–H groups in total. The third-order valence-electron chi connectivity index (χ3n) is 5.09. The molecule has 0 amide bonds. The fraction of sp³-hybridized carbons (Fsp3) is 0.474. The maximum absolute atomic E-state index is 6.32. The molecule has 1 spiro atoms. The van der Waals surface area contributed by atoms with E-state index in [2.05, 4.69) is 39.6 Å². The first kappa shape index (κ1) is 15.4. The predicted octanol–water partition coefficient (Wildman–Crippen LogP) is 3.08. The Balaban J connectivity index is 1.52. The van der Waals surface area contributed by atoms with Crippen molar-refractivity contribution < 1.29 is 4.74 Å². The van der Waals surface area contributed by atoms with Crippen molar-refractivity contribution in [1.82, 2.24) is 15.3 Å². The van der Waals surface area contributed by atoms with E-state index in [1.165, 1.54) is 12.0 Å². The molecule has 4 rings (SSSR count). The van der Waals surface area contributed by atoms with E-state index in [9.17, 15) is 0 Å². The van der Waals surface area contributed by atoms with Crippen molar-refractivity contribution in [3.8, 4) is 5.75 Å². The Morgan fingerprint density at radius 3 is 2.83 bits per heavy atom. The van der Waals surface area contributed by atoms with Gasteiger partial charge in [0, 0.05) is 44.9 Å². The van der Waals surface area contributed by atoms with Crippen LogP contribution in [0, 0.1) is 0 Å². The number of para-hydroxylation sites is 1. The van der Waals surface area contributed by atoms with Crippen LogP contribution in [0.4, 0.5) is 5.95 Å². The fourth-order valence-corrected chi connectivity index (χ4v) is 3.60. The second-order valence-electron chi connectivity index (χ2n) is 7.06. The first-order valence-electron chi connectivity index (χ1n) is 8.66. The molecular weight excluding hydrogens is 300 g/mol. The fourth-order valence-electron chi connectivity index (χ4n) is 3.60. The summed E-state index contributed by atoms with van der Waals surface area (Å²) in [6.45, 7) is 0.735. The van der Waals surface area contributed by atoms with Crippen LogP contribution in [-0.2, 0) is 6.54 Å². The standard InChI is InChI=1S/C19H24N4O/c1-23(2)18-20-11-8-14(22-18)13-21-16-12-19(9-5-10-19)24-17-7-4-3-6-15(16)17/h3-4,6-8,11,16,21H,5,9-10,12-13H2,1-2H3. The molecule has 0 radical (unpaired) electrons. The van der Waals surface area contributed by atoms with Gasteiger partial charge in [-0.1, -0.05) is 18.2 Å². The zero-order valence-corrected chi connectivity index (χ0v) is 14.3. The Labute approximate surface area is 143 Å². The molecule has 5 nitrogen and oxygen atoms in total. The van der Waals surface area contributed by atoms with Crippen LogP contribution < -0.4 is 15.0 Å². The van der Waals surface area contributed by atoms with E-state index in [1.54, 1.807) is 0 Å². The van der Waals surface area contributed by atoms with Crippen molar-refractivity contribution >= 4 is 5.95 Å². The van der Waals surface area contributed by atoms with Gasteiger partial charge in [-0.3, -0.25) is 0 Å². The second-order valence-corrected chi connectivity index (χ2v) is 7.06. The van der Waals surface area contributed by atoms with E-state index in [-0.39, 0.29) is 5.60 Å². The van der Waals surface area contributed by atoms with Crippen molar-refractivity contribution in [2.75, 3.05) is 19.0 Å². The summed E-state index contributed by atoms with van der Waals surface area (Å²) in [5, 5.41) is 3.69. The summed E-state index contributed by atoms with van der Waals surface area (Å²) in [6.07, 6.45) is 6.46. The number of nitrogens with one attached hydrogen (secondary N) is 1. The van der Waals surface area contributed by atoms with E-state index in [1.807, 2.05) is 31.3 Å². The van der Waals surface area contributed by atoms with Crippen LogP contribution in [0.15, 0.2) is 36.5 Å². The van der Waals surface area contributed by atoms with Gasteiger partial charge in [-0.25, -0.2) is 9.97 Å². The molecular formula is C19H24N4O. The number of ether oxygens (including phenoxy) is 1. The van der Waals surface area contributed by atoms with E-state index in [0.717, 1.165) is 43.2 Å². The van der Waals surface area contributed by atoms with Crippen LogP contribution in [0.2, 0.25) is 0 Å². The zero-order chi connectivity index (χ0) is 16.6. The maximum atomic E-state index is 6.32. The van der Waals surface area contributed by atoms with Gasteiger partial charge in [0.25, 0.3) is 0 Å². The molecule has 2 aromatic rings. The Kier molecular flexibility index (Phi) is 3.88. The largest absolute Gasteiger partial charge is 0.487 e. The minimum absolute atomic E-state index is 0.0481. The molecule has 0 bridgehead atoms. The van der Waals surface area contributed by atoms with Gasteiger partial charge in [0.05, 0.1) is 5.69 Å². The summed E-state index contributed by atoms with van der Waals surface area (Å²) in [5.41, 5.74) is 2.32. The quantitative estimate of drug-likeness (QED) is 0.936. The average molecular weight is 324 g/mol. The summed E-state index contributed by atoms with van der Waals surface area (Å²) < 4.78 is 6.32. The molecule has 1 aliphatic carbocycles. The van der Waals surface area contributed by atoms with Gasteiger partial charge in [0.15, 0.2) is 0 Å². The third kappa shape index (κ3) is 2.84. The normalized spacial score (nSPS) is 20.8. The van der Waals surface area contributed by atoms with Gasteiger partial charge in [-0.05, 0) is 31.4 Å². The molecule has 1 unspecified atom stereocenters. The van der Waals surface area contributed by atoms with Crippen molar-refractivity contribution in [3.63, 3.8) is 0 Å². The molecule has 1 aliphatic heterocycles. The van der Waals surface area contributed by atoms with Crippen molar-refractivity contribution in [2.45, 2.75) is 43.9 Å². The van der Waals surface area contributed by atoms with Crippen molar-refractivity contribution in [3.05, 3.63) is 47.8 Å². The van der Waals surface area contributed by atoms with Crippen LogP contribution in [0.25, 0.3) is 0 Å². The number of rotatable bonds is 4. The van der Waals surface area contributed by atoms with Crippen LogP contribution >= 0.6 is 0 Å². The SMILES string of the molecule is CN(C)c1nccc(CNC2CC3(CCC3)Oc3ccccc32)n1. The molecule has 2 heterocycles. The second kappa shape index (κ2) is 6.06. The highest BCUT2D eigenvalue weighted by Gasteiger charge is 2.45. The zero-order valence-electron chi connectivity index (χ0n) is 14.3. The van der Waals surface area contributed by atoms with Crippen LogP contribution in [-0.4, -0.2) is 29.7 Å². The number of aromatic nitrogens is 2. The number of hydrogen-bond donors (Lipinski definition) is 1. The first-order chi connectivity index (χ1) is 11.7. The van der Waals surface area contributed by atoms with Crippen LogP contribution in [0.5, 0.6) is 5.75 Å². The minimum atomic E-state index is 0.0481. The number of nitrogens with zero attached hydrogens (tertiary/aromatic N) is 3. The molecule has 2 aliphatic rings. The molecule has 126 valence electrons. The molecule has 1 fully saturated rings. The Hall–Kier alpha value is -2.14. The molecule has 1 aromatic carbocycles. The van der Waals surface area contributed by atoms with Gasteiger partial charge in [0.2, 0.25) is 5.95 Å². The van der Waals surface area contributed by atoms with Crippen LogP contribution in [0.3, 0.4) is 0 Å². The van der Waals surface area contributed by atoms with Crippen molar-refractivity contribution in [2.24, 2.45) is 0 Å². The summed E-state index contributed by atoms with van der Waals surface area (Å²) in [7, 11) is 3.92. The lowest BCUT2D eigenvalue weighted by atomic mass is 9.73. The molecule has 1 aromatic heterocycles. The average Bonchev–Trinajstić information content (AvgIpc) is 2.58. The Morgan fingerprint density at radius 1 is 1.25 bits per heavy atom. The summed E-state index contributed by atoms with van der Waals surface area (Å²) in [6, 6.07) is 10.7. The highest BCUT2D eigenvalue weighted by Crippen LogP contribution is 2.48. The molecule has 24 heavy (non-hydrogen) atoms. The summed E-state index contributed by atoms with van der Waals surface area (Å²) in [5.74, 6) is 1.79. The molecule has 5 heteroatoms.